The average molecular weight is 293 g/mol. The Morgan fingerprint density at radius 3 is 2.48 bits per heavy atom. The van der Waals surface area contributed by atoms with Gasteiger partial charge >= 0.3 is 6.18 Å². The first-order valence-corrected chi connectivity index (χ1v) is 6.39. The van der Waals surface area contributed by atoms with Crippen LogP contribution < -0.4 is 4.74 Å². The second-order valence-electron chi connectivity index (χ2n) is 4.32. The highest BCUT2D eigenvalue weighted by molar-refractivity contribution is 5.60. The van der Waals surface area contributed by atoms with Crippen molar-refractivity contribution >= 4 is 0 Å². The molecule has 0 radical (unpaired) electrons. The van der Waals surface area contributed by atoms with Crippen LogP contribution in [0.25, 0.3) is 11.3 Å². The zero-order chi connectivity index (χ0) is 15.3. The number of hydrogen-bond acceptors (Lipinski definition) is 2. The van der Waals surface area contributed by atoms with E-state index in [0.717, 1.165) is 12.1 Å². The molecule has 0 atom stereocenters. The minimum absolute atomic E-state index is 0.0400. The highest BCUT2D eigenvalue weighted by Crippen LogP contribution is 2.33. The molecule has 0 saturated heterocycles. The van der Waals surface area contributed by atoms with Crippen molar-refractivity contribution in [2.45, 2.75) is 13.1 Å². The molecule has 0 aliphatic heterocycles. The molecular weight excluding hydrogens is 279 g/mol. The fourth-order valence-corrected chi connectivity index (χ4v) is 1.73. The summed E-state index contributed by atoms with van der Waals surface area (Å²) in [5.41, 5.74) is 0.0761. The Kier molecular flexibility index (Phi) is 4.62. The summed E-state index contributed by atoms with van der Waals surface area (Å²) in [5, 5.41) is 0. The van der Waals surface area contributed by atoms with Crippen LogP contribution in [0.15, 0.2) is 54.6 Å². The van der Waals surface area contributed by atoms with Gasteiger partial charge in [-0.1, -0.05) is 42.5 Å². The second-order valence-corrected chi connectivity index (χ2v) is 4.32. The summed E-state index contributed by atoms with van der Waals surface area (Å²) in [6.07, 6.45) is -0.985. The van der Waals surface area contributed by atoms with E-state index in [1.165, 1.54) is 0 Å². The normalized spacial score (nSPS) is 11.8. The largest absolute Gasteiger partial charge is 0.473 e. The topological polar surface area (TPSA) is 22.1 Å². The third-order valence-electron chi connectivity index (χ3n) is 2.76. The smallest absolute Gasteiger partial charge is 0.416 e. The number of hydrogen-bond donors (Lipinski definition) is 0. The molecule has 0 saturated carbocycles. The standard InChI is InChI=1S/C16H14F3NO/c1-2-3-9-21-15-11-13(16(17,18)19)10-14(20-15)12-7-5-4-6-8-12/h2-8,10-11H,9H2,1H3/b3-2+. The van der Waals surface area contributed by atoms with Crippen LogP contribution >= 0.6 is 0 Å². The summed E-state index contributed by atoms with van der Waals surface area (Å²) in [5.74, 6) is -0.0400. The molecular formula is C16H14F3NO. The molecule has 2 nitrogen and oxygen atoms in total. The number of pyridine rings is 1. The van der Waals surface area contributed by atoms with Gasteiger partial charge in [-0.05, 0) is 13.0 Å². The Labute approximate surface area is 120 Å². The van der Waals surface area contributed by atoms with Crippen LogP contribution in [0.1, 0.15) is 12.5 Å². The summed E-state index contributed by atoms with van der Waals surface area (Å²) in [6.45, 7) is 1.98. The summed E-state index contributed by atoms with van der Waals surface area (Å²) in [7, 11) is 0. The van der Waals surface area contributed by atoms with Crippen LogP contribution in [-0.4, -0.2) is 11.6 Å². The molecule has 0 unspecified atom stereocenters. The maximum Gasteiger partial charge on any atom is 0.416 e. The van der Waals surface area contributed by atoms with E-state index in [9.17, 15) is 13.2 Å². The van der Waals surface area contributed by atoms with E-state index in [1.54, 1.807) is 49.4 Å². The van der Waals surface area contributed by atoms with Crippen LogP contribution in [0.3, 0.4) is 0 Å². The molecule has 1 heterocycles. The first kappa shape index (κ1) is 15.1. The molecule has 0 spiro atoms. The third kappa shape index (κ3) is 4.08. The Balaban J connectivity index is 2.42. The van der Waals surface area contributed by atoms with E-state index >= 15 is 0 Å². The fourth-order valence-electron chi connectivity index (χ4n) is 1.73. The molecule has 2 aromatic rings. The fraction of sp³-hybridized carbons (Fsp3) is 0.188. The summed E-state index contributed by atoms with van der Waals surface area (Å²) < 4.78 is 44.1. The molecule has 0 aliphatic carbocycles. The summed E-state index contributed by atoms with van der Waals surface area (Å²) in [4.78, 5) is 4.13. The molecule has 0 bridgehead atoms. The summed E-state index contributed by atoms with van der Waals surface area (Å²) in [6, 6.07) is 10.6. The van der Waals surface area contributed by atoms with E-state index in [-0.39, 0.29) is 18.2 Å². The number of ether oxygens (including phenoxy) is 1. The van der Waals surface area contributed by atoms with Crippen molar-refractivity contribution in [1.82, 2.24) is 4.98 Å². The first-order valence-electron chi connectivity index (χ1n) is 6.39. The van der Waals surface area contributed by atoms with Crippen molar-refractivity contribution in [3.8, 4) is 17.1 Å². The summed E-state index contributed by atoms with van der Waals surface area (Å²) >= 11 is 0. The monoisotopic (exact) mass is 293 g/mol. The molecule has 110 valence electrons. The Morgan fingerprint density at radius 2 is 1.86 bits per heavy atom. The lowest BCUT2D eigenvalue weighted by atomic mass is 10.1. The van der Waals surface area contributed by atoms with E-state index in [1.807, 2.05) is 0 Å². The maximum absolute atomic E-state index is 13.0. The zero-order valence-electron chi connectivity index (χ0n) is 11.4. The zero-order valence-corrected chi connectivity index (χ0v) is 11.4. The lowest BCUT2D eigenvalue weighted by Crippen LogP contribution is -2.07. The number of alkyl halides is 3. The average Bonchev–Trinajstić information content (AvgIpc) is 2.47. The highest BCUT2D eigenvalue weighted by atomic mass is 19.4. The van der Waals surface area contributed by atoms with Crippen molar-refractivity contribution in [2.24, 2.45) is 0 Å². The van der Waals surface area contributed by atoms with Gasteiger partial charge in [0.25, 0.3) is 0 Å². The quantitative estimate of drug-likeness (QED) is 0.761. The molecule has 1 aromatic carbocycles. The van der Waals surface area contributed by atoms with Gasteiger partial charge < -0.3 is 4.74 Å². The van der Waals surface area contributed by atoms with Gasteiger partial charge in [0.1, 0.15) is 6.61 Å². The highest BCUT2D eigenvalue weighted by Gasteiger charge is 2.32. The van der Waals surface area contributed by atoms with Gasteiger partial charge in [-0.2, -0.15) is 13.2 Å². The first-order chi connectivity index (χ1) is 10.0. The van der Waals surface area contributed by atoms with Gasteiger partial charge in [-0.25, -0.2) is 4.98 Å². The predicted octanol–water partition coefficient (Wildman–Crippen LogP) is 4.72. The Morgan fingerprint density at radius 1 is 1.14 bits per heavy atom. The third-order valence-corrected chi connectivity index (χ3v) is 2.76. The van der Waals surface area contributed by atoms with E-state index in [0.29, 0.717) is 5.56 Å². The number of rotatable bonds is 4. The molecule has 5 heteroatoms. The molecule has 0 N–H and O–H groups in total. The predicted molar refractivity (Wildman–Crippen MR) is 75.0 cm³/mol. The van der Waals surface area contributed by atoms with Gasteiger partial charge in [0, 0.05) is 11.6 Å². The van der Waals surface area contributed by atoms with Gasteiger partial charge in [0.2, 0.25) is 5.88 Å². The maximum atomic E-state index is 13.0. The Hall–Kier alpha value is -2.30. The molecule has 0 amide bonds. The molecule has 0 aliphatic rings. The van der Waals surface area contributed by atoms with Crippen LogP contribution in [-0.2, 0) is 6.18 Å². The molecule has 0 fully saturated rings. The van der Waals surface area contributed by atoms with Crippen LogP contribution in [0.5, 0.6) is 5.88 Å². The van der Waals surface area contributed by atoms with Crippen molar-refractivity contribution in [2.75, 3.05) is 6.61 Å². The number of allylic oxidation sites excluding steroid dienone is 1. The second kappa shape index (κ2) is 6.43. The van der Waals surface area contributed by atoms with Gasteiger partial charge in [0.05, 0.1) is 11.3 Å². The lowest BCUT2D eigenvalue weighted by Gasteiger charge is -2.11. The minimum atomic E-state index is -4.44. The van der Waals surface area contributed by atoms with E-state index in [4.69, 9.17) is 4.74 Å². The van der Waals surface area contributed by atoms with Crippen molar-refractivity contribution < 1.29 is 17.9 Å². The van der Waals surface area contributed by atoms with Gasteiger partial charge in [-0.3, -0.25) is 0 Å². The van der Waals surface area contributed by atoms with Crippen molar-refractivity contribution in [3.63, 3.8) is 0 Å². The molecule has 2 rings (SSSR count). The minimum Gasteiger partial charge on any atom is -0.473 e. The van der Waals surface area contributed by atoms with Crippen LogP contribution in [0.2, 0.25) is 0 Å². The number of aromatic nitrogens is 1. The van der Waals surface area contributed by atoms with Crippen molar-refractivity contribution in [3.05, 3.63) is 60.2 Å². The number of nitrogens with zero attached hydrogens (tertiary/aromatic N) is 1. The SMILES string of the molecule is C/C=C/COc1cc(C(F)(F)F)cc(-c2ccccc2)n1. The van der Waals surface area contributed by atoms with Gasteiger partial charge in [-0.15, -0.1) is 0 Å². The number of halogens is 3. The van der Waals surface area contributed by atoms with Crippen LogP contribution in [0.4, 0.5) is 13.2 Å². The number of benzene rings is 1. The van der Waals surface area contributed by atoms with E-state index in [2.05, 4.69) is 4.98 Å². The Bertz CT molecular complexity index is 621. The van der Waals surface area contributed by atoms with E-state index < -0.39 is 11.7 Å². The van der Waals surface area contributed by atoms with Crippen molar-refractivity contribution in [1.29, 1.82) is 0 Å². The lowest BCUT2D eigenvalue weighted by molar-refractivity contribution is -0.137. The van der Waals surface area contributed by atoms with Gasteiger partial charge in [0.15, 0.2) is 0 Å². The molecule has 21 heavy (non-hydrogen) atoms. The van der Waals surface area contributed by atoms with Crippen LogP contribution in [0, 0.1) is 0 Å². The molecule has 1 aromatic heterocycles.